The Morgan fingerprint density at radius 3 is 1.33 bits per heavy atom. The SMILES string of the molecule is C[C@@H]1[C@@H](C)[C@H](c2ccc(O)cc2)O[C@H]1c1ccc(O)cc1. The lowest BCUT2D eigenvalue weighted by molar-refractivity contribution is 0.0290. The third-order valence-corrected chi connectivity index (χ3v) is 4.52. The normalized spacial score (nSPS) is 28.7. The van der Waals surface area contributed by atoms with Crippen molar-refractivity contribution in [2.24, 2.45) is 11.8 Å². The van der Waals surface area contributed by atoms with E-state index in [1.807, 2.05) is 24.3 Å². The third-order valence-electron chi connectivity index (χ3n) is 4.52. The summed E-state index contributed by atoms with van der Waals surface area (Å²) >= 11 is 0. The molecule has 2 aromatic carbocycles. The van der Waals surface area contributed by atoms with Gasteiger partial charge in [0.1, 0.15) is 11.5 Å². The molecule has 1 aliphatic rings. The molecular formula is C18H20O3. The quantitative estimate of drug-likeness (QED) is 0.869. The molecule has 21 heavy (non-hydrogen) atoms. The molecule has 110 valence electrons. The molecule has 3 heteroatoms. The minimum atomic E-state index is 0.0272. The monoisotopic (exact) mass is 284 g/mol. The summed E-state index contributed by atoms with van der Waals surface area (Å²) in [4.78, 5) is 0. The highest BCUT2D eigenvalue weighted by Gasteiger charge is 2.40. The van der Waals surface area contributed by atoms with E-state index >= 15 is 0 Å². The van der Waals surface area contributed by atoms with Crippen LogP contribution in [0.15, 0.2) is 48.5 Å². The lowest BCUT2D eigenvalue weighted by Gasteiger charge is -2.16. The average molecular weight is 284 g/mol. The van der Waals surface area contributed by atoms with Gasteiger partial charge in [0.25, 0.3) is 0 Å². The molecule has 2 aromatic rings. The third kappa shape index (κ3) is 2.61. The van der Waals surface area contributed by atoms with Gasteiger partial charge in [0.2, 0.25) is 0 Å². The number of phenolic OH excluding ortho intramolecular Hbond substituents is 2. The summed E-state index contributed by atoms with van der Waals surface area (Å²) in [5.74, 6) is 1.31. The highest BCUT2D eigenvalue weighted by atomic mass is 16.5. The van der Waals surface area contributed by atoms with Crippen LogP contribution in [0.4, 0.5) is 0 Å². The topological polar surface area (TPSA) is 49.7 Å². The summed E-state index contributed by atoms with van der Waals surface area (Å²) in [6.07, 6.45) is 0.0545. The Kier molecular flexibility index (Phi) is 3.60. The van der Waals surface area contributed by atoms with Crippen LogP contribution >= 0.6 is 0 Å². The van der Waals surface area contributed by atoms with Gasteiger partial charge in [-0.05, 0) is 47.2 Å². The van der Waals surface area contributed by atoms with Gasteiger partial charge in [-0.25, -0.2) is 0 Å². The Labute approximate surface area is 124 Å². The Bertz CT molecular complexity index is 548. The number of aromatic hydroxyl groups is 2. The van der Waals surface area contributed by atoms with Crippen LogP contribution in [0.1, 0.15) is 37.2 Å². The van der Waals surface area contributed by atoms with Crippen LogP contribution in [0.5, 0.6) is 11.5 Å². The van der Waals surface area contributed by atoms with Gasteiger partial charge in [0, 0.05) is 0 Å². The van der Waals surface area contributed by atoms with E-state index in [1.54, 1.807) is 24.3 Å². The summed E-state index contributed by atoms with van der Waals surface area (Å²) in [7, 11) is 0. The van der Waals surface area contributed by atoms with E-state index in [-0.39, 0.29) is 23.7 Å². The summed E-state index contributed by atoms with van der Waals surface area (Å²) in [6.45, 7) is 4.39. The Hall–Kier alpha value is -2.00. The summed E-state index contributed by atoms with van der Waals surface area (Å²) in [6, 6.07) is 14.5. The molecule has 0 aliphatic carbocycles. The maximum absolute atomic E-state index is 9.41. The predicted octanol–water partition coefficient (Wildman–Crippen LogP) is 4.18. The van der Waals surface area contributed by atoms with Gasteiger partial charge in [-0.3, -0.25) is 0 Å². The van der Waals surface area contributed by atoms with E-state index in [0.717, 1.165) is 11.1 Å². The maximum Gasteiger partial charge on any atom is 0.115 e. The van der Waals surface area contributed by atoms with Gasteiger partial charge in [-0.1, -0.05) is 38.1 Å². The summed E-state index contributed by atoms with van der Waals surface area (Å²) < 4.78 is 6.27. The van der Waals surface area contributed by atoms with Crippen LogP contribution in [-0.2, 0) is 4.74 Å². The van der Waals surface area contributed by atoms with Gasteiger partial charge < -0.3 is 14.9 Å². The number of rotatable bonds is 2. The molecular weight excluding hydrogens is 264 g/mol. The molecule has 0 unspecified atom stereocenters. The average Bonchev–Trinajstić information content (AvgIpc) is 2.78. The largest absolute Gasteiger partial charge is 0.508 e. The standard InChI is InChI=1S/C18H20O3/c1-11-12(2)18(14-5-9-16(20)10-6-14)21-17(11)13-3-7-15(19)8-4-13/h3-12,17-20H,1-2H3/t11-,12-,17-,18-/m1/s1. The van der Waals surface area contributed by atoms with E-state index in [1.165, 1.54) is 0 Å². The van der Waals surface area contributed by atoms with Crippen LogP contribution in [0.2, 0.25) is 0 Å². The van der Waals surface area contributed by atoms with E-state index in [4.69, 9.17) is 4.74 Å². The van der Waals surface area contributed by atoms with Crippen molar-refractivity contribution in [3.63, 3.8) is 0 Å². The summed E-state index contributed by atoms with van der Waals surface area (Å²) in [5, 5.41) is 18.8. The van der Waals surface area contributed by atoms with Crippen molar-refractivity contribution in [2.75, 3.05) is 0 Å². The van der Waals surface area contributed by atoms with Crippen molar-refractivity contribution in [3.8, 4) is 11.5 Å². The molecule has 2 N–H and O–H groups in total. The second-order valence-corrected chi connectivity index (χ2v) is 5.88. The minimum Gasteiger partial charge on any atom is -0.508 e. The Morgan fingerprint density at radius 2 is 1.00 bits per heavy atom. The van der Waals surface area contributed by atoms with Crippen LogP contribution < -0.4 is 0 Å². The fourth-order valence-corrected chi connectivity index (χ4v) is 3.05. The molecule has 1 aliphatic heterocycles. The molecule has 0 amide bonds. The highest BCUT2D eigenvalue weighted by Crippen LogP contribution is 2.49. The number of ether oxygens (including phenoxy) is 1. The molecule has 1 heterocycles. The highest BCUT2D eigenvalue weighted by molar-refractivity contribution is 5.31. The molecule has 1 saturated heterocycles. The van der Waals surface area contributed by atoms with E-state index in [2.05, 4.69) is 13.8 Å². The van der Waals surface area contributed by atoms with Crippen molar-refractivity contribution in [2.45, 2.75) is 26.1 Å². The number of phenols is 2. The Balaban J connectivity index is 1.86. The van der Waals surface area contributed by atoms with Crippen LogP contribution in [-0.4, -0.2) is 10.2 Å². The Morgan fingerprint density at radius 1 is 0.667 bits per heavy atom. The van der Waals surface area contributed by atoms with Gasteiger partial charge in [-0.2, -0.15) is 0 Å². The van der Waals surface area contributed by atoms with Crippen molar-refractivity contribution < 1.29 is 14.9 Å². The van der Waals surface area contributed by atoms with E-state index in [9.17, 15) is 10.2 Å². The molecule has 0 radical (unpaired) electrons. The van der Waals surface area contributed by atoms with Crippen LogP contribution in [0, 0.1) is 11.8 Å². The first kappa shape index (κ1) is 14.0. The number of hydrogen-bond donors (Lipinski definition) is 2. The van der Waals surface area contributed by atoms with Gasteiger partial charge in [-0.15, -0.1) is 0 Å². The maximum atomic E-state index is 9.41. The molecule has 3 nitrogen and oxygen atoms in total. The lowest BCUT2D eigenvalue weighted by Crippen LogP contribution is -2.09. The van der Waals surface area contributed by atoms with Crippen LogP contribution in [0.3, 0.4) is 0 Å². The fourth-order valence-electron chi connectivity index (χ4n) is 3.05. The van der Waals surface area contributed by atoms with E-state index in [0.29, 0.717) is 11.8 Å². The van der Waals surface area contributed by atoms with E-state index < -0.39 is 0 Å². The van der Waals surface area contributed by atoms with Crippen LogP contribution in [0.25, 0.3) is 0 Å². The molecule has 0 spiro atoms. The van der Waals surface area contributed by atoms with Crippen molar-refractivity contribution >= 4 is 0 Å². The zero-order valence-electron chi connectivity index (χ0n) is 12.2. The van der Waals surface area contributed by atoms with Crippen molar-refractivity contribution in [3.05, 3.63) is 59.7 Å². The zero-order chi connectivity index (χ0) is 15.0. The zero-order valence-corrected chi connectivity index (χ0v) is 12.2. The van der Waals surface area contributed by atoms with Crippen molar-refractivity contribution in [1.82, 2.24) is 0 Å². The summed E-state index contributed by atoms with van der Waals surface area (Å²) in [5.41, 5.74) is 2.18. The second kappa shape index (κ2) is 5.41. The molecule has 0 bridgehead atoms. The molecule has 4 atom stereocenters. The molecule has 0 aromatic heterocycles. The predicted molar refractivity (Wildman–Crippen MR) is 81.1 cm³/mol. The first-order valence-corrected chi connectivity index (χ1v) is 7.29. The number of benzene rings is 2. The minimum absolute atomic E-state index is 0.0272. The molecule has 0 saturated carbocycles. The van der Waals surface area contributed by atoms with Gasteiger partial charge in [0.05, 0.1) is 12.2 Å². The van der Waals surface area contributed by atoms with Gasteiger partial charge >= 0.3 is 0 Å². The second-order valence-electron chi connectivity index (χ2n) is 5.88. The first-order chi connectivity index (χ1) is 10.1. The molecule has 1 fully saturated rings. The smallest absolute Gasteiger partial charge is 0.115 e. The molecule has 3 rings (SSSR count). The lowest BCUT2D eigenvalue weighted by atomic mass is 9.85. The fraction of sp³-hybridized carbons (Fsp3) is 0.333. The number of hydrogen-bond acceptors (Lipinski definition) is 3. The van der Waals surface area contributed by atoms with Crippen molar-refractivity contribution in [1.29, 1.82) is 0 Å². The van der Waals surface area contributed by atoms with Gasteiger partial charge in [0.15, 0.2) is 0 Å². The first-order valence-electron chi connectivity index (χ1n) is 7.29.